The molecule has 1 aromatic rings. The number of hydrogen-bond donors (Lipinski definition) is 1. The van der Waals surface area contributed by atoms with Gasteiger partial charge in [0.15, 0.2) is 6.29 Å². The lowest BCUT2D eigenvalue weighted by atomic mass is 9.92. The zero-order chi connectivity index (χ0) is 16.0. The van der Waals surface area contributed by atoms with Gasteiger partial charge < -0.3 is 15.2 Å². The van der Waals surface area contributed by atoms with Crippen LogP contribution in [0.25, 0.3) is 0 Å². The molecule has 2 atom stereocenters. The Morgan fingerprint density at radius 1 is 1.29 bits per heavy atom. The Morgan fingerprint density at radius 2 is 1.86 bits per heavy atom. The lowest BCUT2D eigenvalue weighted by molar-refractivity contribution is -0.129. The van der Waals surface area contributed by atoms with Crippen molar-refractivity contribution in [2.45, 2.75) is 38.1 Å². The van der Waals surface area contributed by atoms with Gasteiger partial charge in [-0.15, -0.1) is 0 Å². The molecule has 2 unspecified atom stereocenters. The minimum atomic E-state index is -0.363. The van der Waals surface area contributed by atoms with Crippen LogP contribution < -0.4 is 5.73 Å². The Kier molecular flexibility index (Phi) is 6.74. The molecule has 0 saturated carbocycles. The molecule has 0 heterocycles. The molecule has 5 heteroatoms. The summed E-state index contributed by atoms with van der Waals surface area (Å²) >= 11 is 0. The first kappa shape index (κ1) is 18.0. The third-order valence-corrected chi connectivity index (χ3v) is 4.36. The summed E-state index contributed by atoms with van der Waals surface area (Å²) in [6.07, 6.45) is 0.264. The number of hydrogen-bond acceptors (Lipinski definition) is 4. The second kappa shape index (κ2) is 7.84. The van der Waals surface area contributed by atoms with Crippen molar-refractivity contribution < 1.29 is 13.9 Å². The van der Waals surface area contributed by atoms with E-state index in [9.17, 15) is 4.39 Å². The number of nitrogens with zero attached hydrogens (tertiary/aromatic N) is 1. The largest absolute Gasteiger partial charge is 0.356 e. The molecule has 120 valence electrons. The predicted octanol–water partition coefficient (Wildman–Crippen LogP) is 2.54. The molecular formula is C16H27FN2O2. The van der Waals surface area contributed by atoms with Crippen molar-refractivity contribution in [2.75, 3.05) is 27.8 Å². The monoisotopic (exact) mass is 298 g/mol. The van der Waals surface area contributed by atoms with Crippen LogP contribution in [-0.4, -0.2) is 44.5 Å². The zero-order valence-electron chi connectivity index (χ0n) is 13.6. The van der Waals surface area contributed by atoms with Crippen LogP contribution in [0.3, 0.4) is 0 Å². The number of rotatable bonds is 8. The summed E-state index contributed by atoms with van der Waals surface area (Å²) in [6, 6.07) is 6.72. The van der Waals surface area contributed by atoms with E-state index >= 15 is 0 Å². The van der Waals surface area contributed by atoms with E-state index in [-0.39, 0.29) is 23.7 Å². The molecule has 0 aliphatic rings. The van der Waals surface area contributed by atoms with E-state index in [1.165, 1.54) is 6.07 Å². The number of ether oxygens (including phenoxy) is 2. The van der Waals surface area contributed by atoms with E-state index in [0.29, 0.717) is 18.5 Å². The fraction of sp³-hybridized carbons (Fsp3) is 0.625. The van der Waals surface area contributed by atoms with E-state index in [1.54, 1.807) is 26.4 Å². The Bertz CT molecular complexity index is 440. The maximum Gasteiger partial charge on any atom is 0.158 e. The van der Waals surface area contributed by atoms with Gasteiger partial charge in [0.1, 0.15) is 5.82 Å². The molecule has 4 nitrogen and oxygen atoms in total. The van der Waals surface area contributed by atoms with E-state index < -0.39 is 0 Å². The Morgan fingerprint density at radius 3 is 2.33 bits per heavy atom. The number of likely N-dealkylation sites (N-methyl/N-ethyl adjacent to an activating group) is 1. The van der Waals surface area contributed by atoms with Gasteiger partial charge >= 0.3 is 0 Å². The summed E-state index contributed by atoms with van der Waals surface area (Å²) in [6.45, 7) is 4.43. The van der Waals surface area contributed by atoms with Crippen LogP contribution in [0.15, 0.2) is 24.3 Å². The van der Waals surface area contributed by atoms with Crippen LogP contribution in [0, 0.1) is 5.82 Å². The molecule has 0 aromatic heterocycles. The number of halogens is 1. The standard InChI is InChI=1S/C16H27FN2O2/c1-12(13-8-6-7-9-14(13)17)19(3)16(2,11-18)10-15(20-4)21-5/h6-9,12,15H,10-11,18H2,1-5H3. The minimum Gasteiger partial charge on any atom is -0.356 e. The van der Waals surface area contributed by atoms with Crippen LogP contribution >= 0.6 is 0 Å². The van der Waals surface area contributed by atoms with Gasteiger partial charge in [0.2, 0.25) is 0 Å². The van der Waals surface area contributed by atoms with Gasteiger partial charge in [-0.3, -0.25) is 4.90 Å². The Hall–Kier alpha value is -1.01. The molecular weight excluding hydrogens is 271 g/mol. The van der Waals surface area contributed by atoms with Crippen molar-refractivity contribution in [3.63, 3.8) is 0 Å². The summed E-state index contributed by atoms with van der Waals surface area (Å²) < 4.78 is 24.5. The third kappa shape index (κ3) is 4.23. The maximum atomic E-state index is 14.0. The summed E-state index contributed by atoms with van der Waals surface area (Å²) in [5, 5.41) is 0. The summed E-state index contributed by atoms with van der Waals surface area (Å²) in [5.74, 6) is -0.203. The first-order chi connectivity index (χ1) is 9.89. The highest BCUT2D eigenvalue weighted by Crippen LogP contribution is 2.30. The smallest absolute Gasteiger partial charge is 0.158 e. The van der Waals surface area contributed by atoms with Gasteiger partial charge in [0.25, 0.3) is 0 Å². The fourth-order valence-corrected chi connectivity index (χ4v) is 2.48. The molecule has 0 fully saturated rings. The quantitative estimate of drug-likeness (QED) is 0.749. The first-order valence-corrected chi connectivity index (χ1v) is 7.12. The van der Waals surface area contributed by atoms with Crippen LogP contribution in [0.1, 0.15) is 31.9 Å². The lowest BCUT2D eigenvalue weighted by Gasteiger charge is -2.43. The van der Waals surface area contributed by atoms with Gasteiger partial charge in [0.05, 0.1) is 0 Å². The van der Waals surface area contributed by atoms with E-state index in [4.69, 9.17) is 15.2 Å². The van der Waals surface area contributed by atoms with Crippen molar-refractivity contribution in [3.05, 3.63) is 35.6 Å². The third-order valence-electron chi connectivity index (χ3n) is 4.36. The molecule has 0 aliphatic heterocycles. The average molecular weight is 298 g/mol. The molecule has 2 N–H and O–H groups in total. The van der Waals surface area contributed by atoms with E-state index in [0.717, 1.165) is 0 Å². The van der Waals surface area contributed by atoms with Crippen LogP contribution in [0.4, 0.5) is 4.39 Å². The Labute approximate surface area is 127 Å². The molecule has 0 amide bonds. The molecule has 0 radical (unpaired) electrons. The average Bonchev–Trinajstić information content (AvgIpc) is 2.51. The van der Waals surface area contributed by atoms with Gasteiger partial charge in [-0.05, 0) is 27.0 Å². The number of methoxy groups -OCH3 is 2. The fourth-order valence-electron chi connectivity index (χ4n) is 2.48. The molecule has 21 heavy (non-hydrogen) atoms. The summed E-state index contributed by atoms with van der Waals surface area (Å²) in [7, 11) is 5.16. The first-order valence-electron chi connectivity index (χ1n) is 7.12. The molecule has 1 aromatic carbocycles. The highest BCUT2D eigenvalue weighted by atomic mass is 19.1. The van der Waals surface area contributed by atoms with E-state index in [2.05, 4.69) is 4.90 Å². The summed E-state index contributed by atoms with van der Waals surface area (Å²) in [4.78, 5) is 2.08. The second-order valence-electron chi connectivity index (χ2n) is 5.61. The number of nitrogens with two attached hydrogens (primary N) is 1. The van der Waals surface area contributed by atoms with Crippen LogP contribution in [0.2, 0.25) is 0 Å². The van der Waals surface area contributed by atoms with Gasteiger partial charge in [-0.2, -0.15) is 0 Å². The molecule has 0 bridgehead atoms. The van der Waals surface area contributed by atoms with Crippen molar-refractivity contribution in [1.82, 2.24) is 4.90 Å². The lowest BCUT2D eigenvalue weighted by Crippen LogP contribution is -2.52. The topological polar surface area (TPSA) is 47.7 Å². The molecule has 0 aliphatic carbocycles. The molecule has 0 spiro atoms. The van der Waals surface area contributed by atoms with Crippen molar-refractivity contribution in [2.24, 2.45) is 5.73 Å². The zero-order valence-corrected chi connectivity index (χ0v) is 13.6. The van der Waals surface area contributed by atoms with Crippen LogP contribution in [0.5, 0.6) is 0 Å². The van der Waals surface area contributed by atoms with Crippen LogP contribution in [-0.2, 0) is 9.47 Å². The SMILES string of the molecule is COC(CC(C)(CN)N(C)C(C)c1ccccc1F)OC. The Balaban J connectivity index is 2.96. The van der Waals surface area contributed by atoms with Crippen molar-refractivity contribution >= 4 is 0 Å². The second-order valence-corrected chi connectivity index (χ2v) is 5.61. The van der Waals surface area contributed by atoms with Gasteiger partial charge in [-0.1, -0.05) is 18.2 Å². The molecule has 0 saturated heterocycles. The molecule has 1 rings (SSSR count). The minimum absolute atomic E-state index is 0.103. The highest BCUT2D eigenvalue weighted by Gasteiger charge is 2.35. The van der Waals surface area contributed by atoms with Crippen molar-refractivity contribution in [3.8, 4) is 0 Å². The van der Waals surface area contributed by atoms with Crippen molar-refractivity contribution in [1.29, 1.82) is 0 Å². The predicted molar refractivity (Wildman–Crippen MR) is 82.5 cm³/mol. The van der Waals surface area contributed by atoms with Gasteiger partial charge in [0, 0.05) is 44.3 Å². The normalized spacial score (nSPS) is 16.2. The number of benzene rings is 1. The van der Waals surface area contributed by atoms with Gasteiger partial charge in [-0.25, -0.2) is 4.39 Å². The maximum absolute atomic E-state index is 14.0. The summed E-state index contributed by atoms with van der Waals surface area (Å²) in [5.41, 5.74) is 6.27. The highest BCUT2D eigenvalue weighted by molar-refractivity contribution is 5.21. The van der Waals surface area contributed by atoms with E-state index in [1.807, 2.05) is 27.0 Å².